The molecule has 0 aromatic carbocycles. The summed E-state index contributed by atoms with van der Waals surface area (Å²) in [4.78, 5) is 5.39. The Morgan fingerprint density at radius 2 is 2.60 bits per heavy atom. The molecule has 0 bridgehead atoms. The maximum absolute atomic E-state index is 4.25. The van der Waals surface area contributed by atoms with E-state index in [-0.39, 0.29) is 0 Å². The van der Waals surface area contributed by atoms with Gasteiger partial charge in [-0.15, -0.1) is 0 Å². The lowest BCUT2D eigenvalue weighted by molar-refractivity contribution is 0.960. The second-order valence-corrected chi connectivity index (χ2v) is 2.87. The number of hydrogen-bond donors (Lipinski definition) is 1. The summed E-state index contributed by atoms with van der Waals surface area (Å²) in [6.45, 7) is 1.86. The summed E-state index contributed by atoms with van der Waals surface area (Å²) in [6.07, 6.45) is 1.79. The van der Waals surface area contributed by atoms with Crippen molar-refractivity contribution >= 4 is 17.4 Å². The summed E-state index contributed by atoms with van der Waals surface area (Å²) in [5.74, 6) is 1.00. The molecule has 0 saturated heterocycles. The number of aliphatic imine (C=N–C) groups is 1. The van der Waals surface area contributed by atoms with Crippen molar-refractivity contribution in [1.82, 2.24) is 9.69 Å². The average molecular weight is 153 g/mol. The molecule has 1 N–H and O–H groups in total. The van der Waals surface area contributed by atoms with Gasteiger partial charge < -0.3 is 5.32 Å². The molecule has 0 unspecified atom stereocenters. The highest BCUT2D eigenvalue weighted by molar-refractivity contribution is 7.08. The van der Waals surface area contributed by atoms with E-state index in [0.29, 0.717) is 0 Å². The minimum absolute atomic E-state index is 0.896. The third kappa shape index (κ3) is 0.903. The minimum Gasteiger partial charge on any atom is -0.367 e. The zero-order valence-electron chi connectivity index (χ0n) is 5.37. The Kier molecular flexibility index (Phi) is 1.39. The Morgan fingerprint density at radius 3 is 3.20 bits per heavy atom. The van der Waals surface area contributed by atoms with E-state index in [9.17, 15) is 0 Å². The molecule has 0 amide bonds. The lowest BCUT2D eigenvalue weighted by Gasteiger charge is -1.93. The van der Waals surface area contributed by atoms with Gasteiger partial charge in [0.2, 0.25) is 0 Å². The van der Waals surface area contributed by atoms with Crippen LogP contribution in [0.25, 0.3) is 0 Å². The molecule has 1 aromatic heterocycles. The number of amidine groups is 1. The van der Waals surface area contributed by atoms with Gasteiger partial charge in [-0.1, -0.05) is 0 Å². The molecule has 0 atom stereocenters. The Labute approximate surface area is 63.0 Å². The van der Waals surface area contributed by atoms with Gasteiger partial charge in [0.1, 0.15) is 5.84 Å². The fraction of sp³-hybridized carbons (Fsp3) is 0.333. The van der Waals surface area contributed by atoms with Crippen LogP contribution in [0.5, 0.6) is 0 Å². The Hall–Kier alpha value is -0.900. The first-order valence-electron chi connectivity index (χ1n) is 3.16. The van der Waals surface area contributed by atoms with Crippen molar-refractivity contribution in [1.29, 1.82) is 0 Å². The van der Waals surface area contributed by atoms with E-state index in [1.165, 1.54) is 11.5 Å². The first kappa shape index (κ1) is 5.85. The highest BCUT2D eigenvalue weighted by Crippen LogP contribution is 2.06. The topological polar surface area (TPSA) is 37.3 Å². The molecule has 1 aliphatic heterocycles. The zero-order valence-corrected chi connectivity index (χ0v) is 6.19. The monoisotopic (exact) mass is 153 g/mol. The van der Waals surface area contributed by atoms with E-state index in [1.54, 1.807) is 6.20 Å². The first-order chi connectivity index (χ1) is 4.97. The van der Waals surface area contributed by atoms with Crippen LogP contribution in [-0.4, -0.2) is 23.3 Å². The van der Waals surface area contributed by atoms with E-state index in [2.05, 4.69) is 14.7 Å². The summed E-state index contributed by atoms with van der Waals surface area (Å²) in [5, 5.41) is 3.18. The smallest absolute Gasteiger partial charge is 0.140 e. The lowest BCUT2D eigenvalue weighted by atomic mass is 10.4. The van der Waals surface area contributed by atoms with Crippen molar-refractivity contribution in [2.45, 2.75) is 0 Å². The average Bonchev–Trinajstić information content (AvgIpc) is 2.59. The molecule has 1 aromatic rings. The molecule has 52 valence electrons. The predicted molar refractivity (Wildman–Crippen MR) is 41.5 cm³/mol. The summed E-state index contributed by atoms with van der Waals surface area (Å²) in [7, 11) is 0. The Bertz CT molecular complexity index is 240. The number of nitrogens with one attached hydrogen (secondary N) is 1. The lowest BCUT2D eigenvalue weighted by Crippen LogP contribution is -2.18. The SMILES string of the molecule is c1cc(C2=NCCN2)sn1. The largest absolute Gasteiger partial charge is 0.367 e. The van der Waals surface area contributed by atoms with Gasteiger partial charge in [0.25, 0.3) is 0 Å². The van der Waals surface area contributed by atoms with Gasteiger partial charge in [-0.3, -0.25) is 4.99 Å². The fourth-order valence-electron chi connectivity index (χ4n) is 0.901. The summed E-state index contributed by atoms with van der Waals surface area (Å²) in [6, 6.07) is 1.97. The van der Waals surface area contributed by atoms with Gasteiger partial charge in [-0.2, -0.15) is 0 Å². The van der Waals surface area contributed by atoms with Crippen LogP contribution in [0.4, 0.5) is 0 Å². The summed E-state index contributed by atoms with van der Waals surface area (Å²) < 4.78 is 3.99. The normalized spacial score (nSPS) is 16.6. The molecule has 1 aliphatic rings. The van der Waals surface area contributed by atoms with E-state index >= 15 is 0 Å². The van der Waals surface area contributed by atoms with Crippen LogP contribution in [0.2, 0.25) is 0 Å². The third-order valence-electron chi connectivity index (χ3n) is 1.35. The molecular formula is C6H7N3S. The second kappa shape index (κ2) is 2.38. The van der Waals surface area contributed by atoms with Gasteiger partial charge >= 0.3 is 0 Å². The molecule has 4 heteroatoms. The highest BCUT2D eigenvalue weighted by atomic mass is 32.1. The van der Waals surface area contributed by atoms with Gasteiger partial charge in [0.15, 0.2) is 0 Å². The van der Waals surface area contributed by atoms with Crippen molar-refractivity contribution in [3.05, 3.63) is 17.1 Å². The Balaban J connectivity index is 2.28. The van der Waals surface area contributed by atoms with Crippen molar-refractivity contribution in [2.75, 3.05) is 13.1 Å². The Morgan fingerprint density at radius 1 is 1.60 bits per heavy atom. The fourth-order valence-corrected chi connectivity index (χ4v) is 1.48. The number of hydrogen-bond acceptors (Lipinski definition) is 4. The maximum Gasteiger partial charge on any atom is 0.140 e. The van der Waals surface area contributed by atoms with Gasteiger partial charge in [-0.05, 0) is 17.6 Å². The van der Waals surface area contributed by atoms with Crippen LogP contribution in [0.1, 0.15) is 4.88 Å². The first-order valence-corrected chi connectivity index (χ1v) is 3.93. The van der Waals surface area contributed by atoms with Crippen molar-refractivity contribution in [2.24, 2.45) is 4.99 Å². The van der Waals surface area contributed by atoms with Gasteiger partial charge in [0, 0.05) is 12.7 Å². The quantitative estimate of drug-likeness (QED) is 0.637. The molecule has 0 saturated carbocycles. The van der Waals surface area contributed by atoms with Crippen LogP contribution in [0, 0.1) is 0 Å². The third-order valence-corrected chi connectivity index (χ3v) is 2.10. The molecule has 2 rings (SSSR count). The van der Waals surface area contributed by atoms with E-state index < -0.39 is 0 Å². The number of nitrogens with zero attached hydrogens (tertiary/aromatic N) is 2. The minimum atomic E-state index is 0.896. The molecule has 0 aliphatic carbocycles. The molecule has 2 heterocycles. The van der Waals surface area contributed by atoms with Crippen LogP contribution in [0.15, 0.2) is 17.3 Å². The van der Waals surface area contributed by atoms with Crippen molar-refractivity contribution < 1.29 is 0 Å². The summed E-state index contributed by atoms with van der Waals surface area (Å²) in [5.41, 5.74) is 0. The maximum atomic E-state index is 4.25. The van der Waals surface area contributed by atoms with E-state index in [4.69, 9.17) is 0 Å². The van der Waals surface area contributed by atoms with Gasteiger partial charge in [0.05, 0.1) is 11.4 Å². The van der Waals surface area contributed by atoms with Crippen molar-refractivity contribution in [3.8, 4) is 0 Å². The summed E-state index contributed by atoms with van der Waals surface area (Å²) >= 11 is 1.48. The highest BCUT2D eigenvalue weighted by Gasteiger charge is 2.07. The predicted octanol–water partition coefficient (Wildman–Crippen LogP) is 0.493. The molecule has 0 spiro atoms. The second-order valence-electron chi connectivity index (χ2n) is 2.03. The van der Waals surface area contributed by atoms with Gasteiger partial charge in [-0.25, -0.2) is 4.37 Å². The van der Waals surface area contributed by atoms with Crippen molar-refractivity contribution in [3.63, 3.8) is 0 Å². The molecule has 10 heavy (non-hydrogen) atoms. The molecular weight excluding hydrogens is 146 g/mol. The van der Waals surface area contributed by atoms with E-state index in [1.807, 2.05) is 6.07 Å². The molecule has 0 fully saturated rings. The van der Waals surface area contributed by atoms with Crippen LogP contribution < -0.4 is 5.32 Å². The molecule has 3 nitrogen and oxygen atoms in total. The van der Waals surface area contributed by atoms with Crippen LogP contribution in [-0.2, 0) is 0 Å². The van der Waals surface area contributed by atoms with Crippen LogP contribution in [0.3, 0.4) is 0 Å². The number of rotatable bonds is 1. The van der Waals surface area contributed by atoms with Crippen LogP contribution >= 0.6 is 11.5 Å². The zero-order chi connectivity index (χ0) is 6.81. The number of aromatic nitrogens is 1. The molecule has 0 radical (unpaired) electrons. The standard InChI is InChI=1S/C6H7N3S/c1-2-9-10-5(1)6-7-3-4-8-6/h1-2H,3-4H2,(H,7,8). The van der Waals surface area contributed by atoms with E-state index in [0.717, 1.165) is 23.8 Å².